The molecule has 5 rings (SSSR count). The van der Waals surface area contributed by atoms with Gasteiger partial charge in [0.1, 0.15) is 22.9 Å². The van der Waals surface area contributed by atoms with Crippen LogP contribution in [0.4, 0.5) is 0 Å². The van der Waals surface area contributed by atoms with Crippen LogP contribution in [0.3, 0.4) is 0 Å². The molecule has 1 aliphatic rings. The summed E-state index contributed by atoms with van der Waals surface area (Å²) in [4.78, 5) is 33.3. The molecule has 0 bridgehead atoms. The molecule has 1 aromatic carbocycles. The molecule has 0 saturated carbocycles. The Morgan fingerprint density at radius 2 is 2.03 bits per heavy atom. The van der Waals surface area contributed by atoms with Gasteiger partial charge in [-0.3, -0.25) is 14.5 Å². The maximum absolute atomic E-state index is 13.4. The second-order valence-corrected chi connectivity index (χ2v) is 8.84. The number of fused-ring (bicyclic) bond motifs is 2. The first-order valence-corrected chi connectivity index (χ1v) is 11.7. The van der Waals surface area contributed by atoms with Crippen molar-refractivity contribution in [2.75, 3.05) is 20.2 Å². The molecular weight excluding hydrogens is 446 g/mol. The van der Waals surface area contributed by atoms with Crippen molar-refractivity contribution in [1.29, 1.82) is 0 Å². The highest BCUT2D eigenvalue weighted by Gasteiger charge is 2.27. The van der Waals surface area contributed by atoms with Gasteiger partial charge in [0.2, 0.25) is 0 Å². The molecule has 1 N–H and O–H groups in total. The molecule has 0 radical (unpaired) electrons. The van der Waals surface area contributed by atoms with Crippen molar-refractivity contribution in [3.8, 4) is 5.75 Å². The number of nitrogens with zero attached hydrogens (tertiary/aromatic N) is 4. The number of carbonyl (C=O) groups is 1. The zero-order chi connectivity index (χ0) is 24.5. The van der Waals surface area contributed by atoms with Gasteiger partial charge < -0.3 is 23.6 Å². The molecule has 0 aliphatic carbocycles. The SMILES string of the molecule is COc1cc(=O)n2c(c1C(=O)NC(C)c1ccco1)CCN(Cc1nc3ccccc3n1C)CC2. The van der Waals surface area contributed by atoms with Crippen molar-refractivity contribution in [1.82, 2.24) is 24.3 Å². The average molecular weight is 476 g/mol. The second kappa shape index (κ2) is 9.42. The minimum Gasteiger partial charge on any atom is -0.496 e. The van der Waals surface area contributed by atoms with E-state index in [1.165, 1.54) is 13.2 Å². The van der Waals surface area contributed by atoms with Crippen molar-refractivity contribution < 1.29 is 13.9 Å². The van der Waals surface area contributed by atoms with E-state index >= 15 is 0 Å². The monoisotopic (exact) mass is 475 g/mol. The van der Waals surface area contributed by atoms with Gasteiger partial charge in [-0.25, -0.2) is 4.98 Å². The van der Waals surface area contributed by atoms with Gasteiger partial charge in [0.05, 0.1) is 37.0 Å². The van der Waals surface area contributed by atoms with E-state index in [2.05, 4.69) is 20.9 Å². The molecule has 9 heteroatoms. The molecular formula is C26H29N5O4. The van der Waals surface area contributed by atoms with E-state index in [0.717, 1.165) is 16.9 Å². The summed E-state index contributed by atoms with van der Waals surface area (Å²) < 4.78 is 14.7. The Labute approximate surface area is 202 Å². The highest BCUT2D eigenvalue weighted by Crippen LogP contribution is 2.25. The fourth-order valence-corrected chi connectivity index (χ4v) is 4.77. The van der Waals surface area contributed by atoms with Crippen LogP contribution in [0.2, 0.25) is 0 Å². The summed E-state index contributed by atoms with van der Waals surface area (Å²) in [6.07, 6.45) is 2.11. The van der Waals surface area contributed by atoms with Crippen LogP contribution in [0.15, 0.2) is 57.9 Å². The summed E-state index contributed by atoms with van der Waals surface area (Å²) in [5.41, 5.74) is 2.97. The Morgan fingerprint density at radius 3 is 2.77 bits per heavy atom. The molecule has 0 saturated heterocycles. The Morgan fingerprint density at radius 1 is 1.20 bits per heavy atom. The van der Waals surface area contributed by atoms with Crippen LogP contribution in [0, 0.1) is 0 Å². The van der Waals surface area contributed by atoms with Crippen LogP contribution in [0.1, 0.15) is 40.6 Å². The van der Waals surface area contributed by atoms with Gasteiger partial charge in [-0.05, 0) is 31.2 Å². The van der Waals surface area contributed by atoms with E-state index in [0.29, 0.717) is 49.6 Å². The molecule has 4 aromatic rings. The maximum atomic E-state index is 13.4. The molecule has 0 fully saturated rings. The van der Waals surface area contributed by atoms with Crippen LogP contribution in [0.5, 0.6) is 5.75 Å². The number of furan rings is 1. The van der Waals surface area contributed by atoms with Crippen molar-refractivity contribution >= 4 is 16.9 Å². The first-order chi connectivity index (χ1) is 17.0. The molecule has 4 heterocycles. The van der Waals surface area contributed by atoms with Crippen molar-refractivity contribution in [3.05, 3.63) is 81.9 Å². The van der Waals surface area contributed by atoms with E-state index in [-0.39, 0.29) is 23.3 Å². The fourth-order valence-electron chi connectivity index (χ4n) is 4.77. The highest BCUT2D eigenvalue weighted by atomic mass is 16.5. The molecule has 182 valence electrons. The van der Waals surface area contributed by atoms with Gasteiger partial charge in [0, 0.05) is 44.9 Å². The maximum Gasteiger partial charge on any atom is 0.257 e. The second-order valence-electron chi connectivity index (χ2n) is 8.84. The summed E-state index contributed by atoms with van der Waals surface area (Å²) in [6, 6.07) is 12.7. The number of methoxy groups -OCH3 is 1. The number of pyridine rings is 1. The quantitative estimate of drug-likeness (QED) is 0.461. The number of benzene rings is 1. The molecule has 1 atom stereocenters. The van der Waals surface area contributed by atoms with Gasteiger partial charge in [-0.2, -0.15) is 0 Å². The third-order valence-corrected chi connectivity index (χ3v) is 6.70. The zero-order valence-corrected chi connectivity index (χ0v) is 20.2. The van der Waals surface area contributed by atoms with Crippen molar-refractivity contribution in [2.45, 2.75) is 32.5 Å². The van der Waals surface area contributed by atoms with Gasteiger partial charge in [0.15, 0.2) is 0 Å². The predicted molar refractivity (Wildman–Crippen MR) is 132 cm³/mol. The molecule has 0 spiro atoms. The number of amides is 1. The number of hydrogen-bond donors (Lipinski definition) is 1. The largest absolute Gasteiger partial charge is 0.496 e. The lowest BCUT2D eigenvalue weighted by Gasteiger charge is -2.19. The first kappa shape index (κ1) is 22.9. The molecule has 1 unspecified atom stereocenters. The molecule has 9 nitrogen and oxygen atoms in total. The molecule has 3 aromatic heterocycles. The molecule has 1 aliphatic heterocycles. The van der Waals surface area contributed by atoms with Crippen LogP contribution >= 0.6 is 0 Å². The highest BCUT2D eigenvalue weighted by molar-refractivity contribution is 5.98. The number of hydrogen-bond acceptors (Lipinski definition) is 6. The number of para-hydroxylation sites is 2. The summed E-state index contributed by atoms with van der Waals surface area (Å²) in [5.74, 6) is 1.62. The van der Waals surface area contributed by atoms with Crippen molar-refractivity contribution in [2.24, 2.45) is 7.05 Å². The third kappa shape index (κ3) is 4.35. The standard InChI is InChI=1S/C26H29N5O4/c1-17(21-9-6-14-35-21)27-26(33)25-20-10-11-30(12-13-31(20)24(32)15-22(25)34-3)16-23-28-18-7-4-5-8-19(18)29(23)2/h4-9,14-15,17H,10-13,16H2,1-3H3,(H,27,33). The lowest BCUT2D eigenvalue weighted by Crippen LogP contribution is -2.32. The number of ether oxygens (including phenoxy) is 1. The van der Waals surface area contributed by atoms with E-state index < -0.39 is 0 Å². The lowest BCUT2D eigenvalue weighted by atomic mass is 10.1. The van der Waals surface area contributed by atoms with Crippen LogP contribution in [-0.2, 0) is 26.6 Å². The number of imidazole rings is 1. The number of rotatable bonds is 6. The van der Waals surface area contributed by atoms with Crippen LogP contribution in [0.25, 0.3) is 11.0 Å². The van der Waals surface area contributed by atoms with E-state index in [1.54, 1.807) is 16.9 Å². The van der Waals surface area contributed by atoms with E-state index in [4.69, 9.17) is 14.1 Å². The van der Waals surface area contributed by atoms with Crippen LogP contribution < -0.4 is 15.6 Å². The number of aryl methyl sites for hydroxylation is 1. The number of nitrogens with one attached hydrogen (secondary N) is 1. The zero-order valence-electron chi connectivity index (χ0n) is 20.2. The number of aromatic nitrogens is 3. The Kier molecular flexibility index (Phi) is 6.17. The minimum atomic E-state index is -0.324. The van der Waals surface area contributed by atoms with Crippen molar-refractivity contribution in [3.63, 3.8) is 0 Å². The van der Waals surface area contributed by atoms with Gasteiger partial charge in [-0.15, -0.1) is 0 Å². The first-order valence-electron chi connectivity index (χ1n) is 11.7. The summed E-state index contributed by atoms with van der Waals surface area (Å²) in [5, 5.41) is 2.98. The predicted octanol–water partition coefficient (Wildman–Crippen LogP) is 2.89. The summed E-state index contributed by atoms with van der Waals surface area (Å²) in [6.45, 7) is 4.35. The van der Waals surface area contributed by atoms with Crippen LogP contribution in [-0.4, -0.2) is 45.1 Å². The van der Waals surface area contributed by atoms with Gasteiger partial charge >= 0.3 is 0 Å². The summed E-state index contributed by atoms with van der Waals surface area (Å²) in [7, 11) is 3.50. The normalized spacial score (nSPS) is 14.9. The summed E-state index contributed by atoms with van der Waals surface area (Å²) >= 11 is 0. The van der Waals surface area contributed by atoms with E-state index in [9.17, 15) is 9.59 Å². The van der Waals surface area contributed by atoms with E-state index in [1.807, 2.05) is 38.2 Å². The molecule has 1 amide bonds. The fraction of sp³-hybridized carbons (Fsp3) is 0.346. The molecule has 35 heavy (non-hydrogen) atoms. The average Bonchev–Trinajstić information content (AvgIpc) is 3.44. The lowest BCUT2D eigenvalue weighted by molar-refractivity contribution is 0.0930. The smallest absolute Gasteiger partial charge is 0.257 e. The number of carbonyl (C=O) groups excluding carboxylic acids is 1. The van der Waals surface area contributed by atoms with Gasteiger partial charge in [0.25, 0.3) is 11.5 Å². The van der Waals surface area contributed by atoms with Gasteiger partial charge in [-0.1, -0.05) is 12.1 Å². The minimum absolute atomic E-state index is 0.169. The Hall–Kier alpha value is -3.85. The Balaban J connectivity index is 1.41. The Bertz CT molecular complexity index is 1420. The topological polar surface area (TPSA) is 94.5 Å². The third-order valence-electron chi connectivity index (χ3n) is 6.70.